The Balaban J connectivity index is 2.60. The van der Waals surface area contributed by atoms with Gasteiger partial charge in [-0.25, -0.2) is 4.79 Å². The molecular formula is C14H16F3NO6. The number of rotatable bonds is 9. The Morgan fingerprint density at radius 3 is 2.29 bits per heavy atom. The summed E-state index contributed by atoms with van der Waals surface area (Å²) in [7, 11) is 1.27. The topological polar surface area (TPSA) is 94.1 Å². The molecular weight excluding hydrogens is 335 g/mol. The molecule has 2 N–H and O–H groups in total. The van der Waals surface area contributed by atoms with Crippen LogP contribution in [0.15, 0.2) is 24.3 Å². The number of halogens is 3. The monoisotopic (exact) mass is 351 g/mol. The van der Waals surface area contributed by atoms with Gasteiger partial charge in [-0.1, -0.05) is 12.1 Å². The van der Waals surface area contributed by atoms with E-state index in [2.05, 4.69) is 14.8 Å². The third-order valence-corrected chi connectivity index (χ3v) is 2.57. The summed E-state index contributed by atoms with van der Waals surface area (Å²) in [6.07, 6.45) is -4.51. The maximum Gasteiger partial charge on any atom is 0.422 e. The van der Waals surface area contributed by atoms with Crippen molar-refractivity contribution in [2.24, 2.45) is 0 Å². The molecule has 0 aliphatic heterocycles. The maximum absolute atomic E-state index is 12.2. The van der Waals surface area contributed by atoms with Gasteiger partial charge in [0, 0.05) is 7.11 Å². The number of carboxylic acid groups (broad SMARTS) is 1. The fourth-order valence-electron chi connectivity index (χ4n) is 1.57. The van der Waals surface area contributed by atoms with E-state index in [-0.39, 0.29) is 18.1 Å². The first kappa shape index (κ1) is 19.6. The van der Waals surface area contributed by atoms with Gasteiger partial charge in [0.2, 0.25) is 0 Å². The quantitative estimate of drug-likeness (QED) is 0.695. The zero-order chi connectivity index (χ0) is 18.2. The Bertz CT molecular complexity index is 564. The number of carboxylic acids is 1. The highest BCUT2D eigenvalue weighted by Crippen LogP contribution is 2.28. The number of para-hydroxylation sites is 2. The van der Waals surface area contributed by atoms with E-state index < -0.39 is 37.3 Å². The Morgan fingerprint density at radius 1 is 1.21 bits per heavy atom. The summed E-state index contributed by atoms with van der Waals surface area (Å²) in [6, 6.07) is 4.24. The zero-order valence-corrected chi connectivity index (χ0v) is 12.6. The molecule has 7 nitrogen and oxygen atoms in total. The highest BCUT2D eigenvalue weighted by atomic mass is 19.4. The molecule has 0 saturated heterocycles. The Labute approximate surface area is 135 Å². The number of benzene rings is 1. The number of nitrogens with one attached hydrogen (secondary N) is 1. The molecule has 1 rings (SSSR count). The van der Waals surface area contributed by atoms with Gasteiger partial charge in [0.25, 0.3) is 5.91 Å². The van der Waals surface area contributed by atoms with Crippen molar-refractivity contribution < 1.29 is 42.1 Å². The van der Waals surface area contributed by atoms with Crippen molar-refractivity contribution in [1.82, 2.24) is 5.32 Å². The van der Waals surface area contributed by atoms with E-state index in [1.54, 1.807) is 0 Å². The average Bonchev–Trinajstić information content (AvgIpc) is 2.50. The third kappa shape index (κ3) is 7.18. The zero-order valence-electron chi connectivity index (χ0n) is 12.6. The molecule has 0 radical (unpaired) electrons. The highest BCUT2D eigenvalue weighted by Gasteiger charge is 2.29. The SMILES string of the molecule is COCC(NC(=O)COc1ccccc1OCC(F)(F)F)C(=O)O. The number of ether oxygens (including phenoxy) is 3. The van der Waals surface area contributed by atoms with Crippen molar-refractivity contribution in [3.05, 3.63) is 24.3 Å². The molecule has 134 valence electrons. The molecule has 0 aliphatic carbocycles. The molecule has 0 aliphatic rings. The fraction of sp³-hybridized carbons (Fsp3) is 0.429. The van der Waals surface area contributed by atoms with Gasteiger partial charge in [0.15, 0.2) is 30.8 Å². The summed E-state index contributed by atoms with van der Waals surface area (Å²) in [5.74, 6) is -2.32. The second-order valence-electron chi connectivity index (χ2n) is 4.55. The van der Waals surface area contributed by atoms with E-state index in [0.29, 0.717) is 0 Å². The maximum atomic E-state index is 12.2. The molecule has 10 heteroatoms. The van der Waals surface area contributed by atoms with E-state index in [9.17, 15) is 22.8 Å². The molecule has 1 aromatic carbocycles. The lowest BCUT2D eigenvalue weighted by molar-refractivity contribution is -0.153. The largest absolute Gasteiger partial charge is 0.480 e. The van der Waals surface area contributed by atoms with Crippen LogP contribution in [0.25, 0.3) is 0 Å². The number of hydrogen-bond donors (Lipinski definition) is 2. The Morgan fingerprint density at radius 2 is 1.79 bits per heavy atom. The summed E-state index contributed by atoms with van der Waals surface area (Å²) >= 11 is 0. The second-order valence-corrected chi connectivity index (χ2v) is 4.55. The minimum atomic E-state index is -4.51. The van der Waals surface area contributed by atoms with E-state index in [4.69, 9.17) is 9.84 Å². The lowest BCUT2D eigenvalue weighted by Crippen LogP contribution is -2.45. The molecule has 0 saturated carbocycles. The summed E-state index contributed by atoms with van der Waals surface area (Å²) < 4.78 is 50.9. The summed E-state index contributed by atoms with van der Waals surface area (Å²) in [5, 5.41) is 11.0. The lowest BCUT2D eigenvalue weighted by atomic mass is 10.3. The van der Waals surface area contributed by atoms with Crippen molar-refractivity contribution >= 4 is 11.9 Å². The number of methoxy groups -OCH3 is 1. The molecule has 1 unspecified atom stereocenters. The number of alkyl halides is 3. The molecule has 0 fully saturated rings. The smallest absolute Gasteiger partial charge is 0.422 e. The van der Waals surface area contributed by atoms with Gasteiger partial charge in [-0.15, -0.1) is 0 Å². The highest BCUT2D eigenvalue weighted by molar-refractivity contribution is 5.84. The molecule has 1 atom stereocenters. The molecule has 0 spiro atoms. The van der Waals surface area contributed by atoms with Crippen molar-refractivity contribution in [1.29, 1.82) is 0 Å². The average molecular weight is 351 g/mol. The molecule has 0 aromatic heterocycles. The predicted octanol–water partition coefficient (Wildman–Crippen LogP) is 1.22. The van der Waals surface area contributed by atoms with Crippen LogP contribution in [0.5, 0.6) is 11.5 Å². The number of hydrogen-bond acceptors (Lipinski definition) is 5. The van der Waals surface area contributed by atoms with Gasteiger partial charge in [-0.3, -0.25) is 4.79 Å². The summed E-state index contributed by atoms with van der Waals surface area (Å²) in [5.41, 5.74) is 0. The van der Waals surface area contributed by atoms with Crippen LogP contribution in [0.2, 0.25) is 0 Å². The molecule has 24 heavy (non-hydrogen) atoms. The number of amides is 1. The normalized spacial score (nSPS) is 12.3. The summed E-state index contributed by atoms with van der Waals surface area (Å²) in [6.45, 7) is -2.35. The van der Waals surface area contributed by atoms with E-state index in [0.717, 1.165) is 0 Å². The number of carbonyl (C=O) groups excluding carboxylic acids is 1. The first-order valence-corrected chi connectivity index (χ1v) is 6.65. The van der Waals surface area contributed by atoms with Gasteiger partial charge in [0.1, 0.15) is 0 Å². The van der Waals surface area contributed by atoms with Crippen molar-refractivity contribution in [2.45, 2.75) is 12.2 Å². The Hall–Kier alpha value is -2.49. The molecule has 1 amide bonds. The van der Waals surface area contributed by atoms with Gasteiger partial charge < -0.3 is 24.6 Å². The van der Waals surface area contributed by atoms with Crippen LogP contribution in [0.3, 0.4) is 0 Å². The van der Waals surface area contributed by atoms with Crippen molar-refractivity contribution in [2.75, 3.05) is 26.9 Å². The van der Waals surface area contributed by atoms with Crippen LogP contribution in [-0.4, -0.2) is 56.1 Å². The van der Waals surface area contributed by atoms with E-state index in [1.807, 2.05) is 0 Å². The lowest BCUT2D eigenvalue weighted by Gasteiger charge is -2.15. The van der Waals surface area contributed by atoms with E-state index in [1.165, 1.54) is 31.4 Å². The first-order valence-electron chi connectivity index (χ1n) is 6.65. The minimum Gasteiger partial charge on any atom is -0.480 e. The first-order chi connectivity index (χ1) is 11.2. The standard InChI is InChI=1S/C14H16F3NO6/c1-22-6-9(13(20)21)18-12(19)7-23-10-4-2-3-5-11(10)24-8-14(15,16)17/h2-5,9H,6-8H2,1H3,(H,18,19)(H,20,21). The second kappa shape index (κ2) is 8.96. The summed E-state index contributed by atoms with van der Waals surface area (Å²) in [4.78, 5) is 22.5. The predicted molar refractivity (Wildman–Crippen MR) is 74.9 cm³/mol. The van der Waals surface area contributed by atoms with Crippen LogP contribution in [0, 0.1) is 0 Å². The van der Waals surface area contributed by atoms with Crippen molar-refractivity contribution in [3.63, 3.8) is 0 Å². The van der Waals surface area contributed by atoms with Gasteiger partial charge in [0.05, 0.1) is 6.61 Å². The van der Waals surface area contributed by atoms with Gasteiger partial charge in [-0.05, 0) is 12.1 Å². The third-order valence-electron chi connectivity index (χ3n) is 2.57. The van der Waals surface area contributed by atoms with E-state index >= 15 is 0 Å². The number of aliphatic carboxylic acids is 1. The molecule has 0 bridgehead atoms. The van der Waals surface area contributed by atoms with Crippen molar-refractivity contribution in [3.8, 4) is 11.5 Å². The van der Waals surface area contributed by atoms with Crippen LogP contribution >= 0.6 is 0 Å². The fourth-order valence-corrected chi connectivity index (χ4v) is 1.57. The van der Waals surface area contributed by atoms with Gasteiger partial charge in [-0.2, -0.15) is 13.2 Å². The van der Waals surface area contributed by atoms with Crippen LogP contribution < -0.4 is 14.8 Å². The molecule has 0 heterocycles. The minimum absolute atomic E-state index is 0.0736. The van der Waals surface area contributed by atoms with Crippen LogP contribution in [-0.2, 0) is 14.3 Å². The molecule has 1 aromatic rings. The van der Waals surface area contributed by atoms with Gasteiger partial charge >= 0.3 is 12.1 Å². The number of carbonyl (C=O) groups is 2. The van der Waals surface area contributed by atoms with Crippen LogP contribution in [0.1, 0.15) is 0 Å². The van der Waals surface area contributed by atoms with Crippen LogP contribution in [0.4, 0.5) is 13.2 Å². The Kier molecular flexibility index (Phi) is 7.31.